The summed E-state index contributed by atoms with van der Waals surface area (Å²) in [5, 5.41) is 8.39. The Labute approximate surface area is 165 Å². The number of hydrogen-bond donors (Lipinski definition) is 1. The highest BCUT2D eigenvalue weighted by Gasteiger charge is 2.27. The first-order chi connectivity index (χ1) is 12.0. The van der Waals surface area contributed by atoms with Crippen molar-refractivity contribution in [3.63, 3.8) is 0 Å². The van der Waals surface area contributed by atoms with Crippen LogP contribution in [0.25, 0.3) is 5.69 Å². The average molecular weight is 398 g/mol. The van der Waals surface area contributed by atoms with Crippen molar-refractivity contribution >= 4 is 29.9 Å². The summed E-state index contributed by atoms with van der Waals surface area (Å²) in [6.07, 6.45) is 1.90. The normalized spacial score (nSPS) is 15.0. The smallest absolute Gasteiger partial charge is 0.293 e. The summed E-state index contributed by atoms with van der Waals surface area (Å²) in [4.78, 5) is 19.2. The van der Waals surface area contributed by atoms with Crippen molar-refractivity contribution in [3.8, 4) is 5.69 Å². The number of benzene rings is 1. The lowest BCUT2D eigenvalue weighted by molar-refractivity contribution is 0.0691. The molecule has 0 saturated carbocycles. The van der Waals surface area contributed by atoms with Crippen LogP contribution in [0, 0.1) is 0 Å². The third-order valence-corrected chi connectivity index (χ3v) is 4.92. The van der Waals surface area contributed by atoms with Gasteiger partial charge in [0.1, 0.15) is 5.82 Å². The minimum atomic E-state index is -0.139. The zero-order valence-electron chi connectivity index (χ0n) is 15.3. The number of carbonyl (C=O) groups excluding carboxylic acids is 1. The van der Waals surface area contributed by atoms with Gasteiger partial charge in [0.15, 0.2) is 0 Å². The Balaban J connectivity index is 0.00000243. The van der Waals surface area contributed by atoms with E-state index in [9.17, 15) is 4.79 Å². The van der Waals surface area contributed by atoms with Gasteiger partial charge in [0, 0.05) is 19.0 Å². The Kier molecular flexibility index (Phi) is 7.03. The molecule has 3 rings (SSSR count). The second-order valence-corrected chi connectivity index (χ2v) is 7.12. The van der Waals surface area contributed by atoms with E-state index in [1.165, 1.54) is 0 Å². The third-order valence-electron chi connectivity index (χ3n) is 4.60. The molecule has 26 heavy (non-hydrogen) atoms. The Bertz CT molecular complexity index is 756. The first kappa shape index (κ1) is 20.7. The standard InChI is InChI=1S/C18H24ClN5O.ClH/c1-12(2)17-21-16(18(25)23(3)13-8-10-20-11-9-13)22-24(17)15-7-5-4-6-14(15)19;/h4-7,12-13,20H,8-11H2,1-3H3;1H. The van der Waals surface area contributed by atoms with Crippen molar-refractivity contribution in [1.29, 1.82) is 0 Å². The van der Waals surface area contributed by atoms with Crippen molar-refractivity contribution in [3.05, 3.63) is 40.9 Å². The Hall–Kier alpha value is -1.63. The fraction of sp³-hybridized carbons (Fsp3) is 0.500. The number of para-hydroxylation sites is 1. The summed E-state index contributed by atoms with van der Waals surface area (Å²) in [5.41, 5.74) is 0.740. The summed E-state index contributed by atoms with van der Waals surface area (Å²) in [6.45, 7) is 5.92. The molecule has 1 amide bonds. The number of nitrogens with zero attached hydrogens (tertiary/aromatic N) is 4. The van der Waals surface area contributed by atoms with Gasteiger partial charge in [-0.3, -0.25) is 4.79 Å². The quantitative estimate of drug-likeness (QED) is 0.859. The summed E-state index contributed by atoms with van der Waals surface area (Å²) >= 11 is 6.32. The largest absolute Gasteiger partial charge is 0.336 e. The van der Waals surface area contributed by atoms with E-state index in [0.717, 1.165) is 37.4 Å². The maximum Gasteiger partial charge on any atom is 0.293 e. The van der Waals surface area contributed by atoms with Crippen LogP contribution in [0.2, 0.25) is 5.02 Å². The molecule has 8 heteroatoms. The van der Waals surface area contributed by atoms with Crippen LogP contribution in [-0.2, 0) is 0 Å². The molecule has 0 unspecified atom stereocenters. The molecule has 142 valence electrons. The third kappa shape index (κ3) is 4.19. The van der Waals surface area contributed by atoms with Gasteiger partial charge in [-0.05, 0) is 38.1 Å². The van der Waals surface area contributed by atoms with Gasteiger partial charge < -0.3 is 10.2 Å². The summed E-state index contributed by atoms with van der Waals surface area (Å²) < 4.78 is 1.69. The topological polar surface area (TPSA) is 63.1 Å². The van der Waals surface area contributed by atoms with Gasteiger partial charge in [-0.15, -0.1) is 17.5 Å². The first-order valence-corrected chi connectivity index (χ1v) is 9.06. The second kappa shape index (κ2) is 8.84. The van der Waals surface area contributed by atoms with Gasteiger partial charge in [-0.2, -0.15) is 0 Å². The van der Waals surface area contributed by atoms with Crippen molar-refractivity contribution < 1.29 is 4.79 Å². The van der Waals surface area contributed by atoms with Gasteiger partial charge in [0.25, 0.3) is 5.91 Å². The molecule has 1 fully saturated rings. The lowest BCUT2D eigenvalue weighted by Crippen LogP contribution is -2.44. The Morgan fingerprint density at radius 1 is 1.31 bits per heavy atom. The van der Waals surface area contributed by atoms with Gasteiger partial charge in [0.2, 0.25) is 5.82 Å². The van der Waals surface area contributed by atoms with Crippen LogP contribution >= 0.6 is 24.0 Å². The van der Waals surface area contributed by atoms with E-state index in [4.69, 9.17) is 11.6 Å². The number of nitrogens with one attached hydrogen (secondary N) is 1. The molecule has 0 atom stereocenters. The lowest BCUT2D eigenvalue weighted by atomic mass is 10.1. The van der Waals surface area contributed by atoms with Crippen molar-refractivity contribution in [2.45, 2.75) is 38.6 Å². The molecule has 0 aliphatic carbocycles. The van der Waals surface area contributed by atoms with E-state index in [-0.39, 0.29) is 36.1 Å². The molecule has 0 radical (unpaired) electrons. The molecule has 2 heterocycles. The zero-order chi connectivity index (χ0) is 18.0. The molecule has 1 aromatic carbocycles. The SMILES string of the molecule is CC(C)c1nc(C(=O)N(C)C2CCNCC2)nn1-c1ccccc1Cl.Cl. The van der Waals surface area contributed by atoms with E-state index in [1.807, 2.05) is 45.2 Å². The highest BCUT2D eigenvalue weighted by molar-refractivity contribution is 6.32. The van der Waals surface area contributed by atoms with E-state index in [1.54, 1.807) is 9.58 Å². The van der Waals surface area contributed by atoms with Crippen molar-refractivity contribution in [1.82, 2.24) is 25.0 Å². The minimum Gasteiger partial charge on any atom is -0.336 e. The van der Waals surface area contributed by atoms with E-state index in [2.05, 4.69) is 15.4 Å². The predicted octanol–water partition coefficient (Wildman–Crippen LogP) is 3.29. The lowest BCUT2D eigenvalue weighted by Gasteiger charge is -2.30. The summed E-state index contributed by atoms with van der Waals surface area (Å²) in [6, 6.07) is 7.69. The number of aromatic nitrogens is 3. The van der Waals surface area contributed by atoms with E-state index < -0.39 is 0 Å². The number of piperidine rings is 1. The molecular weight excluding hydrogens is 373 g/mol. The van der Waals surface area contributed by atoms with E-state index >= 15 is 0 Å². The van der Waals surface area contributed by atoms with Crippen LogP contribution in [0.5, 0.6) is 0 Å². The molecule has 1 N–H and O–H groups in total. The van der Waals surface area contributed by atoms with Gasteiger partial charge >= 0.3 is 0 Å². The minimum absolute atomic E-state index is 0. The zero-order valence-corrected chi connectivity index (χ0v) is 16.8. The predicted molar refractivity (Wildman–Crippen MR) is 106 cm³/mol. The molecule has 1 aromatic heterocycles. The maximum atomic E-state index is 12.9. The number of amides is 1. The maximum absolute atomic E-state index is 12.9. The number of rotatable bonds is 4. The van der Waals surface area contributed by atoms with Gasteiger partial charge in [-0.1, -0.05) is 37.6 Å². The van der Waals surface area contributed by atoms with Crippen molar-refractivity contribution in [2.75, 3.05) is 20.1 Å². The van der Waals surface area contributed by atoms with Crippen LogP contribution < -0.4 is 5.32 Å². The molecule has 1 aliphatic rings. The summed E-state index contributed by atoms with van der Waals surface area (Å²) in [5.74, 6) is 0.939. The van der Waals surface area contributed by atoms with Crippen LogP contribution in [0.4, 0.5) is 0 Å². The fourth-order valence-electron chi connectivity index (χ4n) is 3.11. The monoisotopic (exact) mass is 397 g/mol. The second-order valence-electron chi connectivity index (χ2n) is 6.71. The molecule has 2 aromatic rings. The number of carbonyl (C=O) groups is 1. The molecule has 1 aliphatic heterocycles. The molecule has 6 nitrogen and oxygen atoms in total. The highest BCUT2D eigenvalue weighted by Crippen LogP contribution is 2.24. The molecule has 0 spiro atoms. The Morgan fingerprint density at radius 3 is 2.58 bits per heavy atom. The first-order valence-electron chi connectivity index (χ1n) is 8.68. The Morgan fingerprint density at radius 2 is 1.96 bits per heavy atom. The van der Waals surface area contributed by atoms with Crippen LogP contribution in [0.1, 0.15) is 49.1 Å². The number of hydrogen-bond acceptors (Lipinski definition) is 4. The highest BCUT2D eigenvalue weighted by atomic mass is 35.5. The average Bonchev–Trinajstić information content (AvgIpc) is 3.07. The fourth-order valence-corrected chi connectivity index (χ4v) is 3.32. The van der Waals surface area contributed by atoms with E-state index in [0.29, 0.717) is 5.02 Å². The van der Waals surface area contributed by atoms with Crippen LogP contribution in [-0.4, -0.2) is 51.8 Å². The summed E-state index contributed by atoms with van der Waals surface area (Å²) in [7, 11) is 1.84. The number of halogens is 2. The molecule has 0 bridgehead atoms. The van der Waals surface area contributed by atoms with Crippen molar-refractivity contribution in [2.24, 2.45) is 0 Å². The molecular formula is C18H25Cl2N5O. The van der Waals surface area contributed by atoms with Gasteiger partial charge in [0.05, 0.1) is 10.7 Å². The van der Waals surface area contributed by atoms with Gasteiger partial charge in [-0.25, -0.2) is 9.67 Å². The van der Waals surface area contributed by atoms with Crippen LogP contribution in [0.3, 0.4) is 0 Å². The molecule has 1 saturated heterocycles. The van der Waals surface area contributed by atoms with Crippen LogP contribution in [0.15, 0.2) is 24.3 Å².